The Balaban J connectivity index is 2.46. The minimum atomic E-state index is 0.490. The van der Waals surface area contributed by atoms with E-state index in [-0.39, 0.29) is 0 Å². The Morgan fingerprint density at radius 3 is 2.81 bits per heavy atom. The van der Waals surface area contributed by atoms with Crippen LogP contribution in [-0.2, 0) is 6.54 Å². The fourth-order valence-corrected chi connectivity index (χ4v) is 1.59. The molecule has 1 heterocycles. The first kappa shape index (κ1) is 10.6. The Hall–Kier alpha value is -1.94. The molecule has 0 spiro atoms. The zero-order valence-electron chi connectivity index (χ0n) is 9.14. The van der Waals surface area contributed by atoms with E-state index < -0.39 is 0 Å². The molecule has 0 aliphatic carbocycles. The minimum absolute atomic E-state index is 0.490. The van der Waals surface area contributed by atoms with Crippen molar-refractivity contribution in [3.05, 3.63) is 42.1 Å². The Morgan fingerprint density at radius 2 is 2.06 bits per heavy atom. The van der Waals surface area contributed by atoms with Gasteiger partial charge >= 0.3 is 0 Å². The molecular weight excluding hydrogens is 200 g/mol. The molecule has 0 aliphatic heterocycles. The first-order valence-electron chi connectivity index (χ1n) is 5.12. The second-order valence-corrected chi connectivity index (χ2v) is 3.49. The van der Waals surface area contributed by atoms with Crippen molar-refractivity contribution in [3.8, 4) is 11.4 Å². The maximum atomic E-state index is 5.65. The van der Waals surface area contributed by atoms with Crippen LogP contribution in [0.5, 0.6) is 0 Å². The molecule has 0 atom stereocenters. The van der Waals surface area contributed by atoms with Crippen molar-refractivity contribution in [1.29, 1.82) is 0 Å². The van der Waals surface area contributed by atoms with Gasteiger partial charge in [0.2, 0.25) is 0 Å². The van der Waals surface area contributed by atoms with Gasteiger partial charge in [-0.1, -0.05) is 24.3 Å². The van der Waals surface area contributed by atoms with Crippen LogP contribution in [0.25, 0.3) is 11.4 Å². The number of nitrogens with one attached hydrogen (secondary N) is 1. The van der Waals surface area contributed by atoms with E-state index in [1.54, 1.807) is 12.3 Å². The van der Waals surface area contributed by atoms with Gasteiger partial charge in [0.15, 0.2) is 5.82 Å². The van der Waals surface area contributed by atoms with E-state index in [9.17, 15) is 0 Å². The molecule has 0 bridgehead atoms. The van der Waals surface area contributed by atoms with Gasteiger partial charge in [0.05, 0.1) is 0 Å². The first-order valence-corrected chi connectivity index (χ1v) is 5.12. The Morgan fingerprint density at radius 1 is 1.25 bits per heavy atom. The van der Waals surface area contributed by atoms with Gasteiger partial charge in [-0.05, 0) is 18.7 Å². The lowest BCUT2D eigenvalue weighted by atomic mass is 10.1. The number of nitrogens with zero attached hydrogens (tertiary/aromatic N) is 2. The fraction of sp³-hybridized carbons (Fsp3) is 0.167. The number of nitrogen functional groups attached to an aromatic ring is 1. The summed E-state index contributed by atoms with van der Waals surface area (Å²) in [6.45, 7) is 0.786. The number of nitrogens with two attached hydrogens (primary N) is 1. The molecule has 0 aliphatic rings. The van der Waals surface area contributed by atoms with E-state index in [1.165, 1.54) is 0 Å². The average molecular weight is 214 g/mol. The summed E-state index contributed by atoms with van der Waals surface area (Å²) < 4.78 is 0. The van der Waals surface area contributed by atoms with Gasteiger partial charge in [0.25, 0.3) is 0 Å². The van der Waals surface area contributed by atoms with Gasteiger partial charge in [-0.15, -0.1) is 0 Å². The van der Waals surface area contributed by atoms with Gasteiger partial charge in [-0.2, -0.15) is 0 Å². The molecule has 0 radical (unpaired) electrons. The van der Waals surface area contributed by atoms with E-state index in [2.05, 4.69) is 21.4 Å². The summed E-state index contributed by atoms with van der Waals surface area (Å²) in [4.78, 5) is 8.46. The SMILES string of the molecule is CNCc1ccccc1-c1nccc(N)n1. The quantitative estimate of drug-likeness (QED) is 0.811. The molecule has 0 saturated carbocycles. The van der Waals surface area contributed by atoms with Gasteiger partial charge < -0.3 is 11.1 Å². The van der Waals surface area contributed by atoms with Crippen molar-refractivity contribution < 1.29 is 0 Å². The van der Waals surface area contributed by atoms with Crippen LogP contribution in [0.4, 0.5) is 5.82 Å². The minimum Gasteiger partial charge on any atom is -0.384 e. The normalized spacial score (nSPS) is 10.3. The maximum Gasteiger partial charge on any atom is 0.161 e. The molecule has 82 valence electrons. The molecule has 4 nitrogen and oxygen atoms in total. The third kappa shape index (κ3) is 2.17. The van der Waals surface area contributed by atoms with Crippen LogP contribution in [0.1, 0.15) is 5.56 Å². The molecule has 3 N–H and O–H groups in total. The van der Waals surface area contributed by atoms with Crippen LogP contribution >= 0.6 is 0 Å². The molecule has 0 saturated heterocycles. The fourth-order valence-electron chi connectivity index (χ4n) is 1.59. The summed E-state index contributed by atoms with van der Waals surface area (Å²) in [5, 5.41) is 3.12. The van der Waals surface area contributed by atoms with Gasteiger partial charge in [-0.25, -0.2) is 9.97 Å². The van der Waals surface area contributed by atoms with Crippen molar-refractivity contribution in [3.63, 3.8) is 0 Å². The number of hydrogen-bond donors (Lipinski definition) is 2. The zero-order valence-corrected chi connectivity index (χ0v) is 9.14. The van der Waals surface area contributed by atoms with Crippen LogP contribution in [0.15, 0.2) is 36.5 Å². The lowest BCUT2D eigenvalue weighted by Gasteiger charge is -2.07. The van der Waals surface area contributed by atoms with Crippen LogP contribution in [0.3, 0.4) is 0 Å². The van der Waals surface area contributed by atoms with E-state index >= 15 is 0 Å². The summed E-state index contributed by atoms with van der Waals surface area (Å²) in [5.74, 6) is 1.16. The predicted octanol–water partition coefficient (Wildman–Crippen LogP) is 1.45. The molecule has 1 aromatic heterocycles. The Labute approximate surface area is 94.5 Å². The van der Waals surface area contributed by atoms with E-state index in [1.807, 2.05) is 25.2 Å². The summed E-state index contributed by atoms with van der Waals surface area (Å²) >= 11 is 0. The number of hydrogen-bond acceptors (Lipinski definition) is 4. The molecule has 0 amide bonds. The van der Waals surface area contributed by atoms with E-state index in [0.29, 0.717) is 11.6 Å². The topological polar surface area (TPSA) is 63.8 Å². The van der Waals surface area contributed by atoms with Crippen molar-refractivity contribution in [2.45, 2.75) is 6.54 Å². The van der Waals surface area contributed by atoms with Crippen LogP contribution in [0.2, 0.25) is 0 Å². The molecule has 2 rings (SSSR count). The smallest absolute Gasteiger partial charge is 0.161 e. The van der Waals surface area contributed by atoms with Crippen molar-refractivity contribution in [1.82, 2.24) is 15.3 Å². The van der Waals surface area contributed by atoms with Gasteiger partial charge in [-0.3, -0.25) is 0 Å². The standard InChI is InChI=1S/C12H14N4/c1-14-8-9-4-2-3-5-10(9)12-15-7-6-11(13)16-12/h2-7,14H,8H2,1H3,(H2,13,15,16). The highest BCUT2D eigenvalue weighted by molar-refractivity contribution is 5.61. The van der Waals surface area contributed by atoms with Crippen molar-refractivity contribution >= 4 is 5.82 Å². The molecule has 1 aromatic carbocycles. The third-order valence-electron chi connectivity index (χ3n) is 2.30. The molecular formula is C12H14N4. The number of rotatable bonds is 3. The van der Waals surface area contributed by atoms with Crippen molar-refractivity contribution in [2.75, 3.05) is 12.8 Å². The summed E-state index contributed by atoms with van der Waals surface area (Å²) in [7, 11) is 1.91. The largest absolute Gasteiger partial charge is 0.384 e. The second-order valence-electron chi connectivity index (χ2n) is 3.49. The highest BCUT2D eigenvalue weighted by atomic mass is 14.9. The average Bonchev–Trinajstić information content (AvgIpc) is 2.30. The molecule has 0 fully saturated rings. The molecule has 4 heteroatoms. The van der Waals surface area contributed by atoms with E-state index in [4.69, 9.17) is 5.73 Å². The summed E-state index contributed by atoms with van der Waals surface area (Å²) in [5.41, 5.74) is 7.83. The highest BCUT2D eigenvalue weighted by Crippen LogP contribution is 2.20. The van der Waals surface area contributed by atoms with Crippen LogP contribution in [-0.4, -0.2) is 17.0 Å². The highest BCUT2D eigenvalue weighted by Gasteiger charge is 2.06. The van der Waals surface area contributed by atoms with Gasteiger partial charge in [0.1, 0.15) is 5.82 Å². The lowest BCUT2D eigenvalue weighted by Crippen LogP contribution is -2.07. The molecule has 0 unspecified atom stereocenters. The number of anilines is 1. The predicted molar refractivity (Wildman–Crippen MR) is 64.6 cm³/mol. The molecule has 16 heavy (non-hydrogen) atoms. The van der Waals surface area contributed by atoms with Crippen LogP contribution < -0.4 is 11.1 Å². The number of benzene rings is 1. The molecule has 2 aromatic rings. The van der Waals surface area contributed by atoms with Gasteiger partial charge in [0, 0.05) is 18.3 Å². The zero-order chi connectivity index (χ0) is 11.4. The second kappa shape index (κ2) is 4.72. The van der Waals surface area contributed by atoms with E-state index in [0.717, 1.165) is 17.7 Å². The lowest BCUT2D eigenvalue weighted by molar-refractivity contribution is 0.818. The monoisotopic (exact) mass is 214 g/mol. The Bertz CT molecular complexity index is 482. The Kier molecular flexibility index (Phi) is 3.12. The summed E-state index contributed by atoms with van der Waals surface area (Å²) in [6, 6.07) is 9.72. The third-order valence-corrected chi connectivity index (χ3v) is 2.30. The first-order chi connectivity index (χ1) is 7.81. The van der Waals surface area contributed by atoms with Crippen LogP contribution in [0, 0.1) is 0 Å². The maximum absolute atomic E-state index is 5.65. The van der Waals surface area contributed by atoms with Crippen molar-refractivity contribution in [2.24, 2.45) is 0 Å². The number of aromatic nitrogens is 2. The summed E-state index contributed by atoms with van der Waals surface area (Å²) in [6.07, 6.45) is 1.67.